The molecule has 1 fully saturated rings. The predicted octanol–water partition coefficient (Wildman–Crippen LogP) is 6.30. The zero-order chi connectivity index (χ0) is 32.2. The summed E-state index contributed by atoms with van der Waals surface area (Å²) >= 11 is 6.10. The zero-order valence-corrected chi connectivity index (χ0v) is 26.0. The molecule has 6 rings (SSSR count). The van der Waals surface area contributed by atoms with Crippen molar-refractivity contribution in [2.45, 2.75) is 25.3 Å². The van der Waals surface area contributed by atoms with Gasteiger partial charge in [0.15, 0.2) is 0 Å². The van der Waals surface area contributed by atoms with Gasteiger partial charge in [-0.05, 0) is 98.1 Å². The first-order valence-corrected chi connectivity index (χ1v) is 15.5. The number of ketones is 1. The number of likely N-dealkylation sites (tertiary alicyclic amines) is 1. The first kappa shape index (κ1) is 31.0. The molecule has 1 saturated heterocycles. The van der Waals surface area contributed by atoms with E-state index in [9.17, 15) is 19.2 Å². The molecular weight excluding hydrogens is 602 g/mol. The molecule has 4 aromatic carbocycles. The normalized spacial score (nSPS) is 13.8. The summed E-state index contributed by atoms with van der Waals surface area (Å²) in [6, 6.07) is 31.0. The van der Waals surface area contributed by atoms with Crippen LogP contribution in [0.5, 0.6) is 5.75 Å². The fourth-order valence-corrected chi connectivity index (χ4v) is 6.12. The standard InChI is InChI=1S/C37H32ClN3O5/c1-46-31-18-14-27(15-19-31)34(42)33-32(24-39-22-20-26(21-23-39)25-12-16-30(38)17-13-25)40(35(43)28-8-4-2-5-9-28)37(45)41(33)36(44)29-10-6-3-7-11-29/h2-19,26H,20-24H2,1H3. The minimum absolute atomic E-state index is 0.119. The number of imidazole rings is 1. The maximum atomic E-state index is 14.3. The Labute approximate surface area is 271 Å². The van der Waals surface area contributed by atoms with E-state index in [1.54, 1.807) is 84.9 Å². The topological polar surface area (TPSA) is 90.6 Å². The molecule has 1 aliphatic heterocycles. The molecule has 0 atom stereocenters. The lowest BCUT2D eigenvalue weighted by Gasteiger charge is -2.32. The Morgan fingerprint density at radius 1 is 0.717 bits per heavy atom. The van der Waals surface area contributed by atoms with Crippen LogP contribution < -0.4 is 10.4 Å². The summed E-state index contributed by atoms with van der Waals surface area (Å²) < 4.78 is 7.12. The largest absolute Gasteiger partial charge is 0.497 e. The number of rotatable bonds is 8. The SMILES string of the molecule is COc1ccc(C(=O)c2c(CN3CCC(c4ccc(Cl)cc4)CC3)n(C(=O)c3ccccc3)c(=O)n2C(=O)c2ccccc2)cc1. The Morgan fingerprint density at radius 3 is 1.80 bits per heavy atom. The van der Waals surface area contributed by atoms with E-state index in [1.165, 1.54) is 12.7 Å². The average molecular weight is 634 g/mol. The van der Waals surface area contributed by atoms with E-state index in [4.69, 9.17) is 16.3 Å². The molecule has 0 saturated carbocycles. The van der Waals surface area contributed by atoms with Crippen molar-refractivity contribution in [1.29, 1.82) is 0 Å². The van der Waals surface area contributed by atoms with Crippen LogP contribution in [0.4, 0.5) is 0 Å². The Balaban J connectivity index is 1.47. The molecule has 0 aliphatic carbocycles. The minimum Gasteiger partial charge on any atom is -0.497 e. The zero-order valence-electron chi connectivity index (χ0n) is 25.3. The van der Waals surface area contributed by atoms with Gasteiger partial charge in [-0.3, -0.25) is 19.3 Å². The summed E-state index contributed by atoms with van der Waals surface area (Å²) in [6.45, 7) is 1.44. The van der Waals surface area contributed by atoms with Gasteiger partial charge in [0.2, 0.25) is 5.78 Å². The molecule has 8 nitrogen and oxygen atoms in total. The molecule has 0 N–H and O–H groups in total. The third kappa shape index (κ3) is 6.22. The number of carbonyl (C=O) groups excluding carboxylic acids is 3. The van der Waals surface area contributed by atoms with Gasteiger partial charge in [0.1, 0.15) is 11.4 Å². The van der Waals surface area contributed by atoms with Crippen LogP contribution in [0.15, 0.2) is 114 Å². The number of ether oxygens (including phenoxy) is 1. The first-order valence-electron chi connectivity index (χ1n) is 15.1. The highest BCUT2D eigenvalue weighted by Crippen LogP contribution is 2.30. The Bertz CT molecular complexity index is 1920. The van der Waals surface area contributed by atoms with E-state index in [-0.39, 0.29) is 34.6 Å². The lowest BCUT2D eigenvalue weighted by Crippen LogP contribution is -2.36. The van der Waals surface area contributed by atoms with Gasteiger partial charge in [-0.2, -0.15) is 0 Å². The van der Waals surface area contributed by atoms with Crippen molar-refractivity contribution in [2.75, 3.05) is 20.2 Å². The molecule has 2 heterocycles. The minimum atomic E-state index is -0.884. The molecule has 232 valence electrons. The monoisotopic (exact) mass is 633 g/mol. The molecule has 0 unspecified atom stereocenters. The van der Waals surface area contributed by atoms with Gasteiger partial charge in [0.25, 0.3) is 11.8 Å². The summed E-state index contributed by atoms with van der Waals surface area (Å²) in [5, 5.41) is 0.686. The average Bonchev–Trinajstić information content (AvgIpc) is 3.39. The Hall–Kier alpha value is -5.05. The highest BCUT2D eigenvalue weighted by Gasteiger charge is 2.34. The summed E-state index contributed by atoms with van der Waals surface area (Å²) in [4.78, 5) is 58.8. The number of hydrogen-bond donors (Lipinski definition) is 0. The molecule has 46 heavy (non-hydrogen) atoms. The van der Waals surface area contributed by atoms with Crippen molar-refractivity contribution in [3.63, 3.8) is 0 Å². The van der Waals surface area contributed by atoms with Gasteiger partial charge in [-0.15, -0.1) is 0 Å². The van der Waals surface area contributed by atoms with Crippen LogP contribution in [0.3, 0.4) is 0 Å². The van der Waals surface area contributed by atoms with Crippen LogP contribution in [0.2, 0.25) is 5.02 Å². The van der Waals surface area contributed by atoms with Crippen LogP contribution in [0.25, 0.3) is 0 Å². The molecular formula is C37H32ClN3O5. The van der Waals surface area contributed by atoms with Gasteiger partial charge in [0.05, 0.1) is 12.8 Å². The third-order valence-corrected chi connectivity index (χ3v) is 8.72. The summed E-state index contributed by atoms with van der Waals surface area (Å²) in [5.41, 5.74) is 1.10. The summed E-state index contributed by atoms with van der Waals surface area (Å²) in [5.74, 6) is -0.972. The maximum Gasteiger partial charge on any atom is 0.343 e. The Kier molecular flexibility index (Phi) is 9.10. The molecule has 0 radical (unpaired) electrons. The molecule has 0 bridgehead atoms. The Morgan fingerprint density at radius 2 is 1.26 bits per heavy atom. The van der Waals surface area contributed by atoms with E-state index in [2.05, 4.69) is 4.90 Å². The number of benzene rings is 4. The molecule has 5 aromatic rings. The number of halogens is 1. The van der Waals surface area contributed by atoms with E-state index >= 15 is 0 Å². The van der Waals surface area contributed by atoms with Crippen LogP contribution in [-0.4, -0.2) is 51.8 Å². The quantitative estimate of drug-likeness (QED) is 0.186. The first-order chi connectivity index (χ1) is 22.4. The molecule has 1 aromatic heterocycles. The lowest BCUT2D eigenvalue weighted by atomic mass is 9.89. The smallest absolute Gasteiger partial charge is 0.343 e. The fourth-order valence-electron chi connectivity index (χ4n) is 5.99. The highest BCUT2D eigenvalue weighted by molar-refractivity contribution is 6.30. The van der Waals surface area contributed by atoms with Crippen molar-refractivity contribution in [1.82, 2.24) is 14.0 Å². The van der Waals surface area contributed by atoms with Crippen molar-refractivity contribution in [3.05, 3.63) is 158 Å². The summed E-state index contributed by atoms with van der Waals surface area (Å²) in [6.07, 6.45) is 1.67. The lowest BCUT2D eigenvalue weighted by molar-refractivity contribution is 0.0925. The van der Waals surface area contributed by atoms with Crippen LogP contribution in [0.1, 0.15) is 66.8 Å². The van der Waals surface area contributed by atoms with Crippen LogP contribution >= 0.6 is 11.6 Å². The highest BCUT2D eigenvalue weighted by atomic mass is 35.5. The van der Waals surface area contributed by atoms with Crippen molar-refractivity contribution >= 4 is 29.2 Å². The molecule has 9 heteroatoms. The molecule has 0 amide bonds. The van der Waals surface area contributed by atoms with Gasteiger partial charge in [-0.1, -0.05) is 60.1 Å². The third-order valence-electron chi connectivity index (χ3n) is 8.47. The number of piperidine rings is 1. The van der Waals surface area contributed by atoms with E-state index in [0.29, 0.717) is 29.8 Å². The van der Waals surface area contributed by atoms with Gasteiger partial charge in [0, 0.05) is 28.3 Å². The van der Waals surface area contributed by atoms with Crippen molar-refractivity contribution < 1.29 is 19.1 Å². The molecule has 1 aliphatic rings. The number of aromatic nitrogens is 2. The van der Waals surface area contributed by atoms with Crippen molar-refractivity contribution in [2.24, 2.45) is 0 Å². The summed E-state index contributed by atoms with van der Waals surface area (Å²) in [7, 11) is 1.52. The number of nitrogens with zero attached hydrogens (tertiary/aromatic N) is 3. The van der Waals surface area contributed by atoms with E-state index < -0.39 is 23.3 Å². The van der Waals surface area contributed by atoms with E-state index in [1.807, 2.05) is 24.3 Å². The van der Waals surface area contributed by atoms with Gasteiger partial charge < -0.3 is 4.74 Å². The van der Waals surface area contributed by atoms with E-state index in [0.717, 1.165) is 22.0 Å². The second kappa shape index (κ2) is 13.5. The van der Waals surface area contributed by atoms with Gasteiger partial charge >= 0.3 is 5.69 Å². The van der Waals surface area contributed by atoms with Gasteiger partial charge in [-0.25, -0.2) is 13.9 Å². The fraction of sp³-hybridized carbons (Fsp3) is 0.189. The number of carbonyl (C=O) groups is 3. The molecule has 0 spiro atoms. The van der Waals surface area contributed by atoms with Crippen LogP contribution in [0, 0.1) is 0 Å². The van der Waals surface area contributed by atoms with Crippen LogP contribution in [-0.2, 0) is 6.54 Å². The predicted molar refractivity (Wildman–Crippen MR) is 176 cm³/mol. The number of methoxy groups -OCH3 is 1. The maximum absolute atomic E-state index is 14.3. The van der Waals surface area contributed by atoms with Crippen molar-refractivity contribution in [3.8, 4) is 5.75 Å². The second-order valence-corrected chi connectivity index (χ2v) is 11.7. The second-order valence-electron chi connectivity index (χ2n) is 11.3. The number of hydrogen-bond acceptors (Lipinski definition) is 6.